The summed E-state index contributed by atoms with van der Waals surface area (Å²) in [5.74, 6) is 0. The molecule has 1 fully saturated rings. The second kappa shape index (κ2) is 10.6. The predicted molar refractivity (Wildman–Crippen MR) is 132 cm³/mol. The van der Waals surface area contributed by atoms with Gasteiger partial charge in [-0.15, -0.1) is 0 Å². The molecule has 1 aliphatic heterocycles. The van der Waals surface area contributed by atoms with E-state index in [0.29, 0.717) is 0 Å². The first-order chi connectivity index (χ1) is 13.9. The third kappa shape index (κ3) is 5.10. The van der Waals surface area contributed by atoms with E-state index in [1.807, 2.05) is 0 Å². The minimum absolute atomic E-state index is 0.148. The van der Waals surface area contributed by atoms with E-state index in [4.69, 9.17) is 0 Å². The Balaban J connectivity index is 1.82. The molecule has 1 saturated heterocycles. The van der Waals surface area contributed by atoms with Gasteiger partial charge in [-0.3, -0.25) is 0 Å². The van der Waals surface area contributed by atoms with Crippen molar-refractivity contribution in [1.82, 2.24) is 0 Å². The molecule has 0 nitrogen and oxygen atoms in total. The van der Waals surface area contributed by atoms with Crippen molar-refractivity contribution >= 4 is 38.4 Å². The summed E-state index contributed by atoms with van der Waals surface area (Å²) in [6.07, 6.45) is 9.81. The van der Waals surface area contributed by atoms with E-state index in [-0.39, 0.29) is 22.5 Å². The molecule has 28 heavy (non-hydrogen) atoms. The van der Waals surface area contributed by atoms with E-state index in [2.05, 4.69) is 91.0 Å². The Morgan fingerprint density at radius 1 is 0.393 bits per heavy atom. The summed E-state index contributed by atoms with van der Waals surface area (Å²) in [7, 11) is -0.486. The smallest absolute Gasteiger partial charge is 0.0148 e. The molecule has 2 unspecified atom stereocenters. The molecule has 0 radical (unpaired) electrons. The van der Waals surface area contributed by atoms with Crippen molar-refractivity contribution < 1.29 is 0 Å². The molecule has 1 heterocycles. The van der Waals surface area contributed by atoms with Gasteiger partial charge in [-0.25, -0.2) is 0 Å². The van der Waals surface area contributed by atoms with E-state index in [0.717, 1.165) is 0 Å². The minimum Gasteiger partial charge on any atom is -0.0622 e. The Morgan fingerprint density at radius 3 is 1.18 bits per heavy atom. The zero-order valence-electron chi connectivity index (χ0n) is 16.5. The van der Waals surface area contributed by atoms with E-state index < -0.39 is 0 Å². The Kier molecular flexibility index (Phi) is 7.69. The van der Waals surface area contributed by atoms with Gasteiger partial charge in [0.15, 0.2) is 0 Å². The maximum absolute atomic E-state index is 2.42. The van der Waals surface area contributed by atoms with E-state index in [1.54, 1.807) is 15.9 Å². The molecule has 3 aromatic carbocycles. The number of benzene rings is 3. The number of hydrogen-bond acceptors (Lipinski definition) is 0. The molecule has 0 amide bonds. The van der Waals surface area contributed by atoms with Crippen LogP contribution in [0.2, 0.25) is 0 Å². The maximum atomic E-state index is 2.42. The first-order valence-electron chi connectivity index (χ1n) is 10.4. The molecule has 0 aromatic heterocycles. The number of rotatable bonds is 3. The quantitative estimate of drug-likeness (QED) is 0.392. The molecule has 1 aliphatic rings. The topological polar surface area (TPSA) is 0 Å². The van der Waals surface area contributed by atoms with Crippen LogP contribution in [0, 0.1) is 0 Å². The Bertz CT molecular complexity index is 769. The third-order valence-corrected chi connectivity index (χ3v) is 20.8. The highest BCUT2D eigenvalue weighted by molar-refractivity contribution is 8.66. The lowest BCUT2D eigenvalue weighted by Gasteiger charge is -2.37. The lowest BCUT2D eigenvalue weighted by Crippen LogP contribution is -2.13. The molecular weight excluding hydrogens is 393 g/mol. The molecule has 4 rings (SSSR count). The average Bonchev–Trinajstić information content (AvgIpc) is 2.78. The van der Waals surface area contributed by atoms with Crippen molar-refractivity contribution in [3.05, 3.63) is 91.0 Å². The molecule has 2 atom stereocenters. The summed E-state index contributed by atoms with van der Waals surface area (Å²) in [5, 5.41) is 4.87. The van der Waals surface area contributed by atoms with Crippen LogP contribution < -0.4 is 15.9 Å². The number of hydrogen-bond donors (Lipinski definition) is 0. The molecule has 3 heteroatoms. The average molecular weight is 422 g/mol. The van der Waals surface area contributed by atoms with Gasteiger partial charge in [-0.1, -0.05) is 110 Å². The highest BCUT2D eigenvalue weighted by atomic mass is 32.5. The van der Waals surface area contributed by atoms with Gasteiger partial charge in [0.2, 0.25) is 0 Å². The van der Waals surface area contributed by atoms with Gasteiger partial charge in [-0.05, 0) is 63.6 Å². The van der Waals surface area contributed by atoms with Gasteiger partial charge in [0, 0.05) is 0 Å². The summed E-state index contributed by atoms with van der Waals surface area (Å²) < 4.78 is 0. The van der Waals surface area contributed by atoms with Crippen molar-refractivity contribution in [3.8, 4) is 0 Å². The molecule has 144 valence electrons. The second-order valence-corrected chi connectivity index (χ2v) is 18.2. The van der Waals surface area contributed by atoms with Crippen molar-refractivity contribution in [2.45, 2.75) is 32.1 Å². The maximum Gasteiger partial charge on any atom is -0.0148 e. The first-order valence-corrected chi connectivity index (χ1v) is 16.2. The van der Waals surface area contributed by atoms with Crippen LogP contribution in [-0.4, -0.2) is 12.3 Å². The van der Waals surface area contributed by atoms with Crippen LogP contribution in [0.1, 0.15) is 32.1 Å². The Hall–Kier alpha value is -1.05. The highest BCUT2D eigenvalue weighted by Crippen LogP contribution is 2.84. The SMILES string of the molecule is c1ccc(P2CCCCCCCP(c3ccccc3)P2c2ccccc2)cc1. The van der Waals surface area contributed by atoms with Crippen LogP contribution in [0.5, 0.6) is 0 Å². The van der Waals surface area contributed by atoms with Crippen molar-refractivity contribution in [1.29, 1.82) is 0 Å². The zero-order valence-corrected chi connectivity index (χ0v) is 19.1. The Labute approximate surface area is 173 Å². The fourth-order valence-corrected chi connectivity index (χ4v) is 21.7. The molecule has 0 spiro atoms. The highest BCUT2D eigenvalue weighted by Gasteiger charge is 2.32. The largest absolute Gasteiger partial charge is 0.0622 e. The lowest BCUT2D eigenvalue weighted by atomic mass is 10.2. The lowest BCUT2D eigenvalue weighted by molar-refractivity contribution is 0.661. The van der Waals surface area contributed by atoms with Crippen LogP contribution in [0.15, 0.2) is 91.0 Å². The van der Waals surface area contributed by atoms with Crippen molar-refractivity contribution in [2.75, 3.05) is 12.3 Å². The van der Waals surface area contributed by atoms with Gasteiger partial charge in [-0.2, -0.15) is 0 Å². The van der Waals surface area contributed by atoms with Gasteiger partial charge < -0.3 is 0 Å². The van der Waals surface area contributed by atoms with Gasteiger partial charge >= 0.3 is 0 Å². The summed E-state index contributed by atoms with van der Waals surface area (Å²) in [6.45, 7) is 0. The Morgan fingerprint density at radius 2 is 0.750 bits per heavy atom. The summed E-state index contributed by atoms with van der Waals surface area (Å²) in [5.41, 5.74) is 0. The summed E-state index contributed by atoms with van der Waals surface area (Å²) >= 11 is 0. The molecule has 0 saturated carbocycles. The van der Waals surface area contributed by atoms with Crippen LogP contribution >= 0.6 is 22.5 Å². The normalized spacial score (nSPS) is 23.8. The summed E-state index contributed by atoms with van der Waals surface area (Å²) in [6, 6.07) is 34.5. The van der Waals surface area contributed by atoms with Gasteiger partial charge in [0.05, 0.1) is 0 Å². The fraction of sp³-hybridized carbons (Fsp3) is 0.280. The standard InChI is InChI=1S/C25H29P3/c1-2-13-21-26(23-15-7-4-8-16-23)28(25-19-11-6-12-20-25)27(22-14-3-1)24-17-9-5-10-18-24/h4-12,15-20H,1-3,13-14,21-22H2. The van der Waals surface area contributed by atoms with Crippen LogP contribution in [0.3, 0.4) is 0 Å². The van der Waals surface area contributed by atoms with E-state index >= 15 is 0 Å². The van der Waals surface area contributed by atoms with Crippen LogP contribution in [0.25, 0.3) is 0 Å². The zero-order chi connectivity index (χ0) is 19.0. The van der Waals surface area contributed by atoms with Crippen molar-refractivity contribution in [2.24, 2.45) is 0 Å². The predicted octanol–water partition coefficient (Wildman–Crippen LogP) is 7.20. The molecular formula is C25H29P3. The molecule has 0 aliphatic carbocycles. The van der Waals surface area contributed by atoms with Gasteiger partial charge in [0.25, 0.3) is 0 Å². The van der Waals surface area contributed by atoms with Crippen LogP contribution in [0.4, 0.5) is 0 Å². The molecule has 3 aromatic rings. The monoisotopic (exact) mass is 422 g/mol. The van der Waals surface area contributed by atoms with E-state index in [1.165, 1.54) is 44.4 Å². The minimum atomic E-state index is -0.189. The van der Waals surface area contributed by atoms with Crippen LogP contribution in [-0.2, 0) is 0 Å². The molecule has 0 N–H and O–H groups in total. The fourth-order valence-electron chi connectivity index (χ4n) is 3.89. The summed E-state index contributed by atoms with van der Waals surface area (Å²) in [4.78, 5) is 0. The van der Waals surface area contributed by atoms with E-state index in [9.17, 15) is 0 Å². The second-order valence-electron chi connectivity index (χ2n) is 7.31. The molecule has 0 bridgehead atoms. The van der Waals surface area contributed by atoms with Crippen molar-refractivity contribution in [3.63, 3.8) is 0 Å². The van der Waals surface area contributed by atoms with Gasteiger partial charge in [0.1, 0.15) is 0 Å². The first kappa shape index (κ1) is 20.2. The third-order valence-electron chi connectivity index (χ3n) is 5.29.